The monoisotopic (exact) mass is 343 g/mol. The van der Waals surface area contributed by atoms with E-state index in [4.69, 9.17) is 11.6 Å². The number of nitrogens with zero attached hydrogens (tertiary/aromatic N) is 1. The average molecular weight is 345 g/mol. The second-order valence-corrected chi connectivity index (χ2v) is 8.55. The van der Waals surface area contributed by atoms with Gasteiger partial charge in [-0.15, -0.1) is 22.9 Å². The fourth-order valence-electron chi connectivity index (χ4n) is 1.50. The largest absolute Gasteiger partial charge is 0.252 e. The molecule has 7 heteroatoms. The van der Waals surface area contributed by atoms with Gasteiger partial charge in [0.15, 0.2) is 0 Å². The molecule has 2 rings (SSSR count). The number of sulfonamides is 1. The molecular weight excluding hydrogens is 334 g/mol. The Morgan fingerprint density at radius 1 is 1.50 bits per heavy atom. The Balaban J connectivity index is 2.28. The smallest absolute Gasteiger partial charge is 0.206 e. The maximum absolute atomic E-state index is 12.3. The maximum atomic E-state index is 12.3. The van der Waals surface area contributed by atoms with E-state index >= 15 is 0 Å². The van der Waals surface area contributed by atoms with Crippen LogP contribution in [-0.2, 0) is 10.0 Å². The zero-order valence-electron chi connectivity index (χ0n) is 8.40. The highest BCUT2D eigenvalue weighted by molar-refractivity contribution is 9.11. The average Bonchev–Trinajstić information content (AvgIpc) is 2.96. The van der Waals surface area contributed by atoms with E-state index < -0.39 is 10.0 Å². The molecule has 1 saturated carbocycles. The summed E-state index contributed by atoms with van der Waals surface area (Å²) in [5.41, 5.74) is 0. The van der Waals surface area contributed by atoms with Crippen molar-refractivity contribution in [1.82, 2.24) is 4.31 Å². The molecule has 3 nitrogen and oxygen atoms in total. The van der Waals surface area contributed by atoms with Crippen molar-refractivity contribution in [3.63, 3.8) is 0 Å². The van der Waals surface area contributed by atoms with Crippen molar-refractivity contribution in [2.45, 2.75) is 23.1 Å². The molecular formula is C9H11BrClNO2S2. The maximum Gasteiger partial charge on any atom is 0.252 e. The van der Waals surface area contributed by atoms with Crippen molar-refractivity contribution in [2.75, 3.05) is 12.4 Å². The Kier molecular flexibility index (Phi) is 3.96. The summed E-state index contributed by atoms with van der Waals surface area (Å²) in [5, 5.41) is 0. The van der Waals surface area contributed by atoms with Crippen molar-refractivity contribution in [3.8, 4) is 0 Å². The quantitative estimate of drug-likeness (QED) is 0.770. The second-order valence-electron chi connectivity index (χ2n) is 3.59. The normalized spacial score (nSPS) is 16.9. The molecule has 0 aliphatic heterocycles. The minimum atomic E-state index is -3.34. The van der Waals surface area contributed by atoms with Crippen LogP contribution in [0.1, 0.15) is 12.8 Å². The van der Waals surface area contributed by atoms with Crippen LogP contribution in [0.2, 0.25) is 0 Å². The summed E-state index contributed by atoms with van der Waals surface area (Å²) in [5.74, 6) is 0.336. The minimum absolute atomic E-state index is 0.157. The van der Waals surface area contributed by atoms with Gasteiger partial charge in [-0.05, 0) is 40.9 Å². The van der Waals surface area contributed by atoms with E-state index in [0.29, 0.717) is 16.6 Å². The number of halogens is 2. The first-order valence-electron chi connectivity index (χ1n) is 4.89. The van der Waals surface area contributed by atoms with Crippen LogP contribution in [0, 0.1) is 0 Å². The van der Waals surface area contributed by atoms with Gasteiger partial charge in [-0.1, -0.05) is 0 Å². The van der Waals surface area contributed by atoms with Crippen molar-refractivity contribution in [3.05, 3.63) is 15.9 Å². The predicted molar refractivity (Wildman–Crippen MR) is 69.7 cm³/mol. The molecule has 1 aliphatic rings. The Morgan fingerprint density at radius 2 is 2.19 bits per heavy atom. The number of hydrogen-bond acceptors (Lipinski definition) is 3. The van der Waals surface area contributed by atoms with Crippen LogP contribution in [0.15, 0.2) is 20.1 Å². The SMILES string of the molecule is O=S(=O)(c1ccc(Br)s1)N(CCCl)C1CC1. The van der Waals surface area contributed by atoms with Gasteiger partial charge in [0.1, 0.15) is 4.21 Å². The van der Waals surface area contributed by atoms with Gasteiger partial charge in [0.25, 0.3) is 10.0 Å². The zero-order valence-corrected chi connectivity index (χ0v) is 12.4. The van der Waals surface area contributed by atoms with Crippen molar-refractivity contribution < 1.29 is 8.42 Å². The highest BCUT2D eigenvalue weighted by Crippen LogP contribution is 2.35. The standard InChI is InChI=1S/C9H11BrClNO2S2/c10-8-3-4-9(15-8)16(13,14)12(6-5-11)7-1-2-7/h3-4,7H,1-2,5-6H2. The van der Waals surface area contributed by atoms with E-state index in [1.165, 1.54) is 15.6 Å². The van der Waals surface area contributed by atoms with Crippen LogP contribution in [0.3, 0.4) is 0 Å². The first-order chi connectivity index (χ1) is 7.55. The Labute approximate surface area is 113 Å². The Hall–Kier alpha value is 0.380. The molecule has 0 atom stereocenters. The fraction of sp³-hybridized carbons (Fsp3) is 0.556. The summed E-state index contributed by atoms with van der Waals surface area (Å²) in [6.45, 7) is 0.393. The van der Waals surface area contributed by atoms with Crippen LogP contribution in [0.4, 0.5) is 0 Å². The summed E-state index contributed by atoms with van der Waals surface area (Å²) in [6, 6.07) is 3.54. The summed E-state index contributed by atoms with van der Waals surface area (Å²) in [4.78, 5) is 0. The second kappa shape index (κ2) is 4.94. The summed E-state index contributed by atoms with van der Waals surface area (Å²) >= 11 is 10.2. The predicted octanol–water partition coefficient (Wildman–Crippen LogP) is 2.90. The van der Waals surface area contributed by atoms with E-state index in [1.54, 1.807) is 12.1 Å². The highest BCUT2D eigenvalue weighted by Gasteiger charge is 2.38. The Bertz CT molecular complexity index is 470. The topological polar surface area (TPSA) is 37.4 Å². The lowest BCUT2D eigenvalue weighted by Crippen LogP contribution is -2.34. The molecule has 0 radical (unpaired) electrons. The molecule has 0 saturated heterocycles. The summed E-state index contributed by atoms with van der Waals surface area (Å²) in [7, 11) is -3.34. The third-order valence-electron chi connectivity index (χ3n) is 2.37. The highest BCUT2D eigenvalue weighted by atomic mass is 79.9. The van der Waals surface area contributed by atoms with E-state index in [1.807, 2.05) is 0 Å². The van der Waals surface area contributed by atoms with Gasteiger partial charge >= 0.3 is 0 Å². The van der Waals surface area contributed by atoms with Crippen LogP contribution >= 0.6 is 38.9 Å². The van der Waals surface area contributed by atoms with E-state index in [0.717, 1.165) is 16.6 Å². The molecule has 90 valence electrons. The fourth-order valence-corrected chi connectivity index (χ4v) is 5.60. The molecule has 16 heavy (non-hydrogen) atoms. The molecule has 0 amide bonds. The van der Waals surface area contributed by atoms with E-state index in [2.05, 4.69) is 15.9 Å². The van der Waals surface area contributed by atoms with Gasteiger partial charge in [0.05, 0.1) is 3.79 Å². The number of alkyl halides is 1. The molecule has 0 aromatic carbocycles. The number of rotatable bonds is 5. The number of hydrogen-bond donors (Lipinski definition) is 0. The van der Waals surface area contributed by atoms with Gasteiger partial charge in [-0.2, -0.15) is 4.31 Å². The lowest BCUT2D eigenvalue weighted by molar-refractivity contribution is 0.424. The molecule has 0 N–H and O–H groups in total. The van der Waals surface area contributed by atoms with Crippen molar-refractivity contribution >= 4 is 48.9 Å². The summed E-state index contributed by atoms with van der Waals surface area (Å²) < 4.78 is 27.3. The lowest BCUT2D eigenvalue weighted by Gasteiger charge is -2.19. The van der Waals surface area contributed by atoms with Gasteiger partial charge < -0.3 is 0 Å². The molecule has 1 aromatic heterocycles. The molecule has 0 bridgehead atoms. The van der Waals surface area contributed by atoms with E-state index in [-0.39, 0.29) is 6.04 Å². The first kappa shape index (κ1) is 12.8. The molecule has 1 aromatic rings. The van der Waals surface area contributed by atoms with Crippen LogP contribution in [-0.4, -0.2) is 31.2 Å². The molecule has 1 heterocycles. The van der Waals surface area contributed by atoms with Crippen LogP contribution in [0.5, 0.6) is 0 Å². The molecule has 0 unspecified atom stereocenters. The Morgan fingerprint density at radius 3 is 2.62 bits per heavy atom. The minimum Gasteiger partial charge on any atom is -0.206 e. The van der Waals surface area contributed by atoms with Gasteiger partial charge in [0.2, 0.25) is 0 Å². The van der Waals surface area contributed by atoms with Crippen LogP contribution in [0.25, 0.3) is 0 Å². The van der Waals surface area contributed by atoms with Gasteiger partial charge in [0, 0.05) is 18.5 Å². The van der Waals surface area contributed by atoms with Crippen LogP contribution < -0.4 is 0 Å². The van der Waals surface area contributed by atoms with E-state index in [9.17, 15) is 8.42 Å². The van der Waals surface area contributed by atoms with Crippen molar-refractivity contribution in [1.29, 1.82) is 0 Å². The zero-order chi connectivity index (χ0) is 11.8. The lowest BCUT2D eigenvalue weighted by atomic mass is 10.6. The van der Waals surface area contributed by atoms with Gasteiger partial charge in [-0.3, -0.25) is 0 Å². The number of thiophene rings is 1. The molecule has 1 fully saturated rings. The first-order valence-corrected chi connectivity index (χ1v) is 8.47. The van der Waals surface area contributed by atoms with Gasteiger partial charge in [-0.25, -0.2) is 8.42 Å². The molecule has 0 spiro atoms. The third-order valence-corrected chi connectivity index (χ3v) is 6.58. The summed E-state index contributed by atoms with van der Waals surface area (Å²) in [6.07, 6.45) is 1.89. The third kappa shape index (κ3) is 2.61. The van der Waals surface area contributed by atoms with Crippen molar-refractivity contribution in [2.24, 2.45) is 0 Å². The molecule has 1 aliphatic carbocycles.